The zero-order chi connectivity index (χ0) is 24.9. The highest BCUT2D eigenvalue weighted by atomic mass is 35.5. The Kier molecular flexibility index (Phi) is 8.26. The third kappa shape index (κ3) is 5.60. The fourth-order valence-corrected chi connectivity index (χ4v) is 5.33. The summed E-state index contributed by atoms with van der Waals surface area (Å²) in [7, 11) is 0. The van der Waals surface area contributed by atoms with Crippen molar-refractivity contribution in [1.29, 1.82) is 0 Å². The molecule has 2 aromatic heterocycles. The van der Waals surface area contributed by atoms with Crippen LogP contribution in [0.3, 0.4) is 0 Å². The Labute approximate surface area is 219 Å². The second-order valence-electron chi connectivity index (χ2n) is 8.41. The molecule has 4 rings (SSSR count). The van der Waals surface area contributed by atoms with Gasteiger partial charge in [0.2, 0.25) is 0 Å². The number of pyridine rings is 1. The Morgan fingerprint density at radius 3 is 2.71 bits per heavy atom. The van der Waals surface area contributed by atoms with Gasteiger partial charge >= 0.3 is 0 Å². The first-order valence-electron chi connectivity index (χ1n) is 11.6. The van der Waals surface area contributed by atoms with E-state index in [4.69, 9.17) is 28.8 Å². The monoisotopic (exact) mass is 526 g/mol. The van der Waals surface area contributed by atoms with E-state index in [1.807, 2.05) is 37.3 Å². The molecule has 6 nitrogen and oxygen atoms in total. The predicted octanol–water partition coefficient (Wildman–Crippen LogP) is 6.05. The number of nitrogens with zero attached hydrogens (tertiary/aromatic N) is 3. The minimum Gasteiger partial charge on any atom is -0.369 e. The quantitative estimate of drug-likeness (QED) is 0.208. The number of aromatic nitrogens is 2. The van der Waals surface area contributed by atoms with E-state index in [9.17, 15) is 9.59 Å². The number of carbonyl (C=O) groups is 1. The van der Waals surface area contributed by atoms with Gasteiger partial charge in [-0.1, -0.05) is 86.0 Å². The van der Waals surface area contributed by atoms with Gasteiger partial charge in [-0.2, -0.15) is 0 Å². The van der Waals surface area contributed by atoms with Gasteiger partial charge in [0.15, 0.2) is 0 Å². The number of nitrogens with one attached hydrogen (secondary N) is 1. The number of fused-ring (bicyclic) bond motifs is 1. The molecule has 0 bridgehead atoms. The van der Waals surface area contributed by atoms with Gasteiger partial charge in [-0.05, 0) is 42.7 Å². The summed E-state index contributed by atoms with van der Waals surface area (Å²) in [5.41, 5.74) is 2.42. The van der Waals surface area contributed by atoms with Crippen molar-refractivity contribution in [1.82, 2.24) is 14.3 Å². The van der Waals surface area contributed by atoms with Crippen LogP contribution in [0.1, 0.15) is 49.3 Å². The molecule has 0 radical (unpaired) electrons. The normalized spacial score (nSPS) is 14.9. The lowest BCUT2D eigenvalue weighted by molar-refractivity contribution is -0.122. The lowest BCUT2D eigenvalue weighted by atomic mass is 10.2. The first-order chi connectivity index (χ1) is 16.9. The van der Waals surface area contributed by atoms with Crippen LogP contribution in [-0.2, 0) is 11.3 Å². The molecule has 0 atom stereocenters. The van der Waals surface area contributed by atoms with Gasteiger partial charge in [0.1, 0.15) is 15.8 Å². The van der Waals surface area contributed by atoms with E-state index in [1.165, 1.54) is 21.1 Å². The molecular weight excluding hydrogens is 500 g/mol. The lowest BCUT2D eigenvalue weighted by Crippen LogP contribution is -2.27. The first-order valence-corrected chi connectivity index (χ1v) is 13.3. The van der Waals surface area contributed by atoms with Gasteiger partial charge in [0, 0.05) is 17.8 Å². The minimum atomic E-state index is -0.248. The van der Waals surface area contributed by atoms with Crippen molar-refractivity contribution in [3.63, 3.8) is 0 Å². The molecule has 1 saturated heterocycles. The topological polar surface area (TPSA) is 66.7 Å². The smallest absolute Gasteiger partial charge is 0.267 e. The molecule has 1 fully saturated rings. The van der Waals surface area contributed by atoms with Crippen molar-refractivity contribution in [3.8, 4) is 0 Å². The van der Waals surface area contributed by atoms with E-state index < -0.39 is 0 Å². The molecule has 0 saturated carbocycles. The Morgan fingerprint density at radius 1 is 1.14 bits per heavy atom. The number of benzene rings is 1. The maximum atomic E-state index is 13.5. The molecule has 9 heteroatoms. The number of aryl methyl sites for hydroxylation is 1. The first kappa shape index (κ1) is 25.4. The number of thiocarbonyl (C=S) groups is 1. The largest absolute Gasteiger partial charge is 0.369 e. The van der Waals surface area contributed by atoms with Crippen molar-refractivity contribution in [3.05, 3.63) is 79.6 Å². The van der Waals surface area contributed by atoms with Crippen LogP contribution in [-0.4, -0.2) is 31.1 Å². The third-order valence-electron chi connectivity index (χ3n) is 5.84. The standard InChI is InChI=1S/C26H27ClN4O2S2/c1-3-4-5-8-13-28-22-19(24(32)30-14-9-10-17(2)23(30)29-22)15-21-25(33)31(26(34)35-21)16-18-11-6-7-12-20(18)27/h6-7,9-12,14-15,28H,3-5,8,13,16H2,1-2H3/b21-15+. The predicted molar refractivity (Wildman–Crippen MR) is 149 cm³/mol. The number of unbranched alkanes of at least 4 members (excludes halogenated alkanes) is 3. The summed E-state index contributed by atoms with van der Waals surface area (Å²) in [4.78, 5) is 33.4. The van der Waals surface area contributed by atoms with E-state index in [0.717, 1.165) is 36.8 Å². The molecule has 182 valence electrons. The van der Waals surface area contributed by atoms with Crippen molar-refractivity contribution in [2.45, 2.75) is 46.1 Å². The van der Waals surface area contributed by atoms with Gasteiger partial charge in [-0.3, -0.25) is 18.9 Å². The number of hydrogen-bond donors (Lipinski definition) is 1. The van der Waals surface area contributed by atoms with E-state index >= 15 is 0 Å². The molecule has 1 amide bonds. The Hall–Kier alpha value is -2.68. The maximum absolute atomic E-state index is 13.5. The molecular formula is C26H27ClN4O2S2. The van der Waals surface area contributed by atoms with Gasteiger partial charge in [0.05, 0.1) is 17.0 Å². The number of anilines is 1. The summed E-state index contributed by atoms with van der Waals surface area (Å²) < 4.78 is 1.95. The maximum Gasteiger partial charge on any atom is 0.267 e. The van der Waals surface area contributed by atoms with Crippen LogP contribution >= 0.6 is 35.6 Å². The van der Waals surface area contributed by atoms with Crippen LogP contribution in [0.4, 0.5) is 5.82 Å². The highest BCUT2D eigenvalue weighted by molar-refractivity contribution is 8.26. The average Bonchev–Trinajstić information content (AvgIpc) is 3.10. The molecule has 0 aliphatic carbocycles. The van der Waals surface area contributed by atoms with Crippen LogP contribution in [0.5, 0.6) is 0 Å². The van der Waals surface area contributed by atoms with Gasteiger partial charge in [-0.15, -0.1) is 0 Å². The third-order valence-corrected chi connectivity index (χ3v) is 7.59. The van der Waals surface area contributed by atoms with E-state index in [0.29, 0.717) is 37.8 Å². The number of carbonyl (C=O) groups excluding carboxylic acids is 1. The fraction of sp³-hybridized carbons (Fsp3) is 0.308. The molecule has 3 aromatic rings. The van der Waals surface area contributed by atoms with Crippen molar-refractivity contribution in [2.75, 3.05) is 11.9 Å². The van der Waals surface area contributed by atoms with Crippen molar-refractivity contribution >= 4 is 63.3 Å². The van der Waals surface area contributed by atoms with Gasteiger partial charge in [-0.25, -0.2) is 4.98 Å². The lowest BCUT2D eigenvalue weighted by Gasteiger charge is -2.15. The highest BCUT2D eigenvalue weighted by Gasteiger charge is 2.33. The van der Waals surface area contributed by atoms with Crippen molar-refractivity contribution in [2.24, 2.45) is 0 Å². The van der Waals surface area contributed by atoms with E-state index in [1.54, 1.807) is 18.3 Å². The Bertz CT molecular complexity index is 1370. The Morgan fingerprint density at radius 2 is 1.94 bits per heavy atom. The second kappa shape index (κ2) is 11.4. The molecule has 35 heavy (non-hydrogen) atoms. The summed E-state index contributed by atoms with van der Waals surface area (Å²) in [6.45, 7) is 5.07. The molecule has 1 aliphatic heterocycles. The molecule has 1 N–H and O–H groups in total. The number of amides is 1. The second-order valence-corrected chi connectivity index (χ2v) is 10.5. The van der Waals surface area contributed by atoms with Crippen LogP contribution in [0.2, 0.25) is 5.02 Å². The summed E-state index contributed by atoms with van der Waals surface area (Å²) in [6, 6.07) is 11.1. The van der Waals surface area contributed by atoms with Crippen LogP contribution in [0, 0.1) is 6.92 Å². The Balaban J connectivity index is 1.69. The number of hydrogen-bond acceptors (Lipinski definition) is 6. The van der Waals surface area contributed by atoms with Gasteiger partial charge in [0.25, 0.3) is 11.5 Å². The summed E-state index contributed by atoms with van der Waals surface area (Å²) in [6.07, 6.45) is 7.70. The van der Waals surface area contributed by atoms with Gasteiger partial charge < -0.3 is 5.32 Å². The summed E-state index contributed by atoms with van der Waals surface area (Å²) >= 11 is 13.0. The minimum absolute atomic E-state index is 0.230. The van der Waals surface area contributed by atoms with E-state index in [2.05, 4.69) is 12.2 Å². The number of rotatable bonds is 9. The SMILES string of the molecule is CCCCCCNc1nc2c(C)cccn2c(=O)c1/C=C1/SC(=S)N(Cc2ccccc2Cl)C1=O. The summed E-state index contributed by atoms with van der Waals surface area (Å²) in [5, 5.41) is 3.91. The fourth-order valence-electron chi connectivity index (χ4n) is 3.90. The number of halogens is 1. The van der Waals surface area contributed by atoms with Crippen molar-refractivity contribution < 1.29 is 4.79 Å². The molecule has 1 aromatic carbocycles. The molecule has 0 unspecified atom stereocenters. The number of thioether (sulfide) groups is 1. The van der Waals surface area contributed by atoms with Crippen LogP contribution < -0.4 is 10.9 Å². The average molecular weight is 527 g/mol. The molecule has 0 spiro atoms. The van der Waals surface area contributed by atoms with Crippen LogP contribution in [0.25, 0.3) is 11.7 Å². The molecule has 3 heterocycles. The van der Waals surface area contributed by atoms with Crippen LogP contribution in [0.15, 0.2) is 52.3 Å². The van der Waals surface area contributed by atoms with E-state index in [-0.39, 0.29) is 18.0 Å². The molecule has 1 aliphatic rings. The highest BCUT2D eigenvalue weighted by Crippen LogP contribution is 2.35. The summed E-state index contributed by atoms with van der Waals surface area (Å²) in [5.74, 6) is 0.236. The zero-order valence-electron chi connectivity index (χ0n) is 19.7. The zero-order valence-corrected chi connectivity index (χ0v) is 22.1.